The molecule has 18 heavy (non-hydrogen) atoms. The van der Waals surface area contributed by atoms with Crippen molar-refractivity contribution >= 4 is 12.6 Å². The van der Waals surface area contributed by atoms with E-state index in [9.17, 15) is 9.18 Å². The van der Waals surface area contributed by atoms with Gasteiger partial charge in [-0.25, -0.2) is 9.18 Å². The zero-order valence-corrected chi connectivity index (χ0v) is 9.75. The highest BCUT2D eigenvalue weighted by atomic mass is 19.1. The summed E-state index contributed by atoms with van der Waals surface area (Å²) < 4.78 is 16.5. The van der Waals surface area contributed by atoms with E-state index in [1.807, 2.05) is 0 Å². The highest BCUT2D eigenvalue weighted by Crippen LogP contribution is 2.06. The highest BCUT2D eigenvalue weighted by molar-refractivity contribution is 6.58. The highest BCUT2D eigenvalue weighted by Gasteiger charge is 2.14. The molecule has 0 saturated carbocycles. The van der Waals surface area contributed by atoms with Gasteiger partial charge in [0.2, 0.25) is 0 Å². The molecule has 2 N–H and O–H groups in total. The van der Waals surface area contributed by atoms with Crippen LogP contribution >= 0.6 is 0 Å². The van der Waals surface area contributed by atoms with Crippen molar-refractivity contribution in [3.63, 3.8) is 0 Å². The molecule has 1 aromatic heterocycles. The minimum Gasteiger partial charge on any atom is -0.423 e. The Balaban J connectivity index is 2.30. The normalized spacial score (nSPS) is 10.7. The lowest BCUT2D eigenvalue weighted by atomic mass is 9.80. The Morgan fingerprint density at radius 3 is 2.56 bits per heavy atom. The van der Waals surface area contributed by atoms with E-state index in [0.717, 1.165) is 6.07 Å². The van der Waals surface area contributed by atoms with Gasteiger partial charge in [-0.3, -0.25) is 4.57 Å². The Morgan fingerprint density at radius 1 is 1.33 bits per heavy atom. The van der Waals surface area contributed by atoms with Crippen molar-refractivity contribution < 1.29 is 14.4 Å². The van der Waals surface area contributed by atoms with E-state index in [4.69, 9.17) is 10.0 Å². The van der Waals surface area contributed by atoms with Crippen LogP contribution in [0.15, 0.2) is 35.4 Å². The molecule has 0 aliphatic carbocycles. The molecule has 0 aliphatic rings. The maximum absolute atomic E-state index is 13.7. The first-order valence-electron chi connectivity index (χ1n) is 5.35. The van der Waals surface area contributed by atoms with E-state index in [1.165, 1.54) is 21.3 Å². The number of halogens is 1. The van der Waals surface area contributed by atoms with Crippen LogP contribution in [-0.2, 0) is 13.6 Å². The minimum atomic E-state index is -1.70. The Morgan fingerprint density at radius 2 is 2.06 bits per heavy atom. The van der Waals surface area contributed by atoms with Crippen molar-refractivity contribution in [3.05, 3.63) is 52.5 Å². The molecule has 1 aromatic carbocycles. The number of hydrogen-bond donors (Lipinski definition) is 2. The third-order valence-electron chi connectivity index (χ3n) is 2.73. The number of aromatic nitrogens is 2. The molecule has 0 atom stereocenters. The van der Waals surface area contributed by atoms with Crippen molar-refractivity contribution in [3.8, 4) is 0 Å². The van der Waals surface area contributed by atoms with E-state index < -0.39 is 12.9 Å². The lowest BCUT2D eigenvalue weighted by Gasteiger charge is -2.06. The predicted octanol–water partition coefficient (Wildman–Crippen LogP) is -0.946. The fourth-order valence-corrected chi connectivity index (χ4v) is 1.67. The van der Waals surface area contributed by atoms with Gasteiger partial charge in [0.1, 0.15) is 5.82 Å². The van der Waals surface area contributed by atoms with Gasteiger partial charge in [0.05, 0.1) is 6.54 Å². The summed E-state index contributed by atoms with van der Waals surface area (Å²) in [4.78, 5) is 11.6. The number of imidazole rings is 1. The van der Waals surface area contributed by atoms with Crippen LogP contribution in [0.3, 0.4) is 0 Å². The van der Waals surface area contributed by atoms with Gasteiger partial charge in [0.25, 0.3) is 0 Å². The second-order valence-electron chi connectivity index (χ2n) is 4.04. The monoisotopic (exact) mass is 250 g/mol. The van der Waals surface area contributed by atoms with E-state index >= 15 is 0 Å². The Kier molecular flexibility index (Phi) is 3.35. The van der Waals surface area contributed by atoms with Crippen molar-refractivity contribution in [1.82, 2.24) is 9.13 Å². The summed E-state index contributed by atoms with van der Waals surface area (Å²) in [6.07, 6.45) is 3.16. The standard InChI is InChI=1S/C11H12BFN2O3/c1-14-4-5-15(11(14)16)7-8-2-3-9(12(17)18)6-10(8)13/h2-6,17-18H,7H2,1H3. The molecule has 0 fully saturated rings. The smallest absolute Gasteiger partial charge is 0.423 e. The van der Waals surface area contributed by atoms with Crippen LogP contribution in [0.5, 0.6) is 0 Å². The van der Waals surface area contributed by atoms with Crippen LogP contribution in [-0.4, -0.2) is 26.3 Å². The molecule has 1 heterocycles. The maximum Gasteiger partial charge on any atom is 0.488 e. The third-order valence-corrected chi connectivity index (χ3v) is 2.73. The van der Waals surface area contributed by atoms with Crippen LogP contribution in [0.2, 0.25) is 0 Å². The molecular weight excluding hydrogens is 238 g/mol. The number of nitrogens with zero attached hydrogens (tertiary/aromatic N) is 2. The Bertz CT molecular complexity index is 621. The van der Waals surface area contributed by atoms with E-state index in [-0.39, 0.29) is 17.7 Å². The summed E-state index contributed by atoms with van der Waals surface area (Å²) in [5, 5.41) is 17.8. The molecule has 0 bridgehead atoms. The number of benzene rings is 1. The third kappa shape index (κ3) is 2.37. The molecule has 2 rings (SSSR count). The molecule has 0 unspecified atom stereocenters. The van der Waals surface area contributed by atoms with Gasteiger partial charge in [-0.1, -0.05) is 12.1 Å². The van der Waals surface area contributed by atoms with Crippen LogP contribution in [0.25, 0.3) is 0 Å². The van der Waals surface area contributed by atoms with E-state index in [1.54, 1.807) is 19.4 Å². The summed E-state index contributed by atoms with van der Waals surface area (Å²) in [6, 6.07) is 3.90. The summed E-state index contributed by atoms with van der Waals surface area (Å²) in [7, 11) is -0.0894. The predicted molar refractivity (Wildman–Crippen MR) is 65.0 cm³/mol. The summed E-state index contributed by atoms with van der Waals surface area (Å²) >= 11 is 0. The first-order valence-corrected chi connectivity index (χ1v) is 5.35. The van der Waals surface area contributed by atoms with Gasteiger partial charge < -0.3 is 14.6 Å². The first kappa shape index (κ1) is 12.6. The molecule has 7 heteroatoms. The molecule has 94 valence electrons. The van der Waals surface area contributed by atoms with E-state index in [0.29, 0.717) is 5.56 Å². The van der Waals surface area contributed by atoms with Gasteiger partial charge in [0.15, 0.2) is 0 Å². The van der Waals surface area contributed by atoms with Gasteiger partial charge in [0, 0.05) is 25.0 Å². The molecule has 0 aliphatic heterocycles. The lowest BCUT2D eigenvalue weighted by Crippen LogP contribution is -2.30. The largest absolute Gasteiger partial charge is 0.488 e. The van der Waals surface area contributed by atoms with E-state index in [2.05, 4.69) is 0 Å². The second-order valence-corrected chi connectivity index (χ2v) is 4.04. The molecule has 0 saturated heterocycles. The number of aryl methyl sites for hydroxylation is 1. The average Bonchev–Trinajstić information content (AvgIpc) is 2.63. The molecule has 5 nitrogen and oxygen atoms in total. The van der Waals surface area contributed by atoms with Crippen LogP contribution in [0.4, 0.5) is 4.39 Å². The Labute approximate surface area is 103 Å². The molecule has 2 aromatic rings. The summed E-state index contributed by atoms with van der Waals surface area (Å²) in [6.45, 7) is 0.104. The van der Waals surface area contributed by atoms with Gasteiger partial charge >= 0.3 is 12.8 Å². The minimum absolute atomic E-state index is 0.0802. The second kappa shape index (κ2) is 4.79. The zero-order chi connectivity index (χ0) is 13.3. The average molecular weight is 250 g/mol. The zero-order valence-electron chi connectivity index (χ0n) is 9.75. The quantitative estimate of drug-likeness (QED) is 0.690. The van der Waals surface area contributed by atoms with Crippen molar-refractivity contribution in [2.45, 2.75) is 6.54 Å². The van der Waals surface area contributed by atoms with Gasteiger partial charge in [-0.15, -0.1) is 0 Å². The van der Waals surface area contributed by atoms with Crippen molar-refractivity contribution in [2.75, 3.05) is 0 Å². The summed E-state index contributed by atoms with van der Waals surface area (Å²) in [5.74, 6) is -0.573. The van der Waals surface area contributed by atoms with Gasteiger partial charge in [-0.05, 0) is 11.5 Å². The van der Waals surface area contributed by atoms with Crippen LogP contribution in [0, 0.1) is 5.82 Å². The topological polar surface area (TPSA) is 67.4 Å². The van der Waals surface area contributed by atoms with Crippen molar-refractivity contribution in [1.29, 1.82) is 0 Å². The number of hydrogen-bond acceptors (Lipinski definition) is 3. The fraction of sp³-hybridized carbons (Fsp3) is 0.182. The maximum atomic E-state index is 13.7. The number of rotatable bonds is 3. The fourth-order valence-electron chi connectivity index (χ4n) is 1.67. The molecule has 0 radical (unpaired) electrons. The van der Waals surface area contributed by atoms with Crippen molar-refractivity contribution in [2.24, 2.45) is 7.05 Å². The first-order chi connectivity index (χ1) is 8.49. The SMILES string of the molecule is Cn1ccn(Cc2ccc(B(O)O)cc2F)c1=O. The lowest BCUT2D eigenvalue weighted by molar-refractivity contribution is 0.425. The van der Waals surface area contributed by atoms with Gasteiger partial charge in [-0.2, -0.15) is 0 Å². The Hall–Kier alpha value is -1.86. The van der Waals surface area contributed by atoms with Crippen LogP contribution < -0.4 is 11.2 Å². The molecule has 0 amide bonds. The van der Waals surface area contributed by atoms with Crippen LogP contribution in [0.1, 0.15) is 5.56 Å². The molecule has 0 spiro atoms. The summed E-state index contributed by atoms with van der Waals surface area (Å²) in [5.41, 5.74) is 0.157. The molecular formula is C11H12BFN2O3.